The van der Waals surface area contributed by atoms with E-state index < -0.39 is 5.82 Å². The highest BCUT2D eigenvalue weighted by molar-refractivity contribution is 7.78. The molecule has 4 heteroatoms. The van der Waals surface area contributed by atoms with E-state index in [0.717, 1.165) is 0 Å². The molecule has 0 aliphatic rings. The second-order valence-electron chi connectivity index (χ2n) is 1.77. The van der Waals surface area contributed by atoms with Gasteiger partial charge in [-0.25, -0.2) is 4.39 Å². The topological polar surface area (TPSA) is 12.4 Å². The number of hydrogen-bond donors (Lipinski definition) is 0. The molecule has 1 aromatic rings. The van der Waals surface area contributed by atoms with Crippen LogP contribution in [0.4, 0.5) is 10.1 Å². The summed E-state index contributed by atoms with van der Waals surface area (Å²) >= 11 is 9.90. The average Bonchev–Trinajstić information content (AvgIpc) is 1.97. The van der Waals surface area contributed by atoms with Gasteiger partial charge in [-0.1, -0.05) is 17.7 Å². The van der Waals surface area contributed by atoms with E-state index in [-0.39, 0.29) is 10.7 Å². The molecule has 1 rings (SSSR count). The maximum Gasteiger partial charge on any atom is 0.151 e. The van der Waals surface area contributed by atoms with Gasteiger partial charge in [0, 0.05) is 0 Å². The Kier molecular flexibility index (Phi) is 2.71. The Labute approximate surface area is 73.5 Å². The first-order chi connectivity index (χ1) is 5.25. The van der Waals surface area contributed by atoms with Crippen molar-refractivity contribution in [3.8, 4) is 0 Å². The molecule has 1 aromatic carbocycles. The van der Waals surface area contributed by atoms with E-state index in [2.05, 4.69) is 17.2 Å². The fourth-order valence-electron chi connectivity index (χ4n) is 0.641. The summed E-state index contributed by atoms with van der Waals surface area (Å²) in [6.07, 6.45) is 0. The first kappa shape index (κ1) is 8.34. The zero-order valence-corrected chi connectivity index (χ0v) is 6.92. The average molecular weight is 188 g/mol. The first-order valence-corrected chi connectivity index (χ1v) is 3.56. The zero-order chi connectivity index (χ0) is 8.27. The summed E-state index contributed by atoms with van der Waals surface area (Å²) < 4.78 is 12.8. The molecule has 0 fully saturated rings. The van der Waals surface area contributed by atoms with Gasteiger partial charge in [0.2, 0.25) is 0 Å². The van der Waals surface area contributed by atoms with Crippen molar-refractivity contribution in [3.63, 3.8) is 0 Å². The Morgan fingerprint density at radius 2 is 2.27 bits per heavy atom. The smallest absolute Gasteiger partial charge is 0.151 e. The third-order valence-electron chi connectivity index (χ3n) is 1.09. The molecule has 0 heterocycles. The third kappa shape index (κ3) is 1.84. The lowest BCUT2D eigenvalue weighted by Crippen LogP contribution is -1.74. The molecule has 56 valence electrons. The first-order valence-electron chi connectivity index (χ1n) is 2.77. The Morgan fingerprint density at radius 1 is 1.55 bits per heavy atom. The highest BCUT2D eigenvalue weighted by Gasteiger charge is 2.03. The van der Waals surface area contributed by atoms with Crippen molar-refractivity contribution in [1.82, 2.24) is 0 Å². The predicted molar refractivity (Wildman–Crippen MR) is 46.1 cm³/mol. The van der Waals surface area contributed by atoms with Crippen LogP contribution in [-0.4, -0.2) is 5.16 Å². The van der Waals surface area contributed by atoms with Crippen LogP contribution >= 0.6 is 23.8 Å². The van der Waals surface area contributed by atoms with Crippen LogP contribution in [0.15, 0.2) is 23.2 Å². The number of rotatable bonds is 1. The number of halogens is 2. The predicted octanol–water partition coefficient (Wildman–Crippen LogP) is 3.21. The van der Waals surface area contributed by atoms with Crippen molar-refractivity contribution >= 4 is 34.7 Å². The van der Waals surface area contributed by atoms with Gasteiger partial charge in [-0.05, 0) is 24.4 Å². The molecule has 0 N–H and O–H groups in total. The van der Waals surface area contributed by atoms with Gasteiger partial charge in [0.15, 0.2) is 5.82 Å². The minimum atomic E-state index is -0.491. The quantitative estimate of drug-likeness (QED) is 0.486. The minimum Gasteiger partial charge on any atom is -0.205 e. The molecule has 0 aliphatic heterocycles. The molecule has 1 nitrogen and oxygen atoms in total. The largest absolute Gasteiger partial charge is 0.205 e. The molecule has 0 saturated carbocycles. The lowest BCUT2D eigenvalue weighted by molar-refractivity contribution is 0.630. The van der Waals surface area contributed by atoms with E-state index in [0.29, 0.717) is 0 Å². The van der Waals surface area contributed by atoms with Crippen LogP contribution in [0.1, 0.15) is 0 Å². The van der Waals surface area contributed by atoms with Crippen molar-refractivity contribution < 1.29 is 4.39 Å². The molecular weight excluding hydrogens is 185 g/mol. The second kappa shape index (κ2) is 3.58. The molecule has 0 amide bonds. The summed E-state index contributed by atoms with van der Waals surface area (Å²) in [5.41, 5.74) is 0.0455. The Balaban J connectivity index is 3.31. The summed E-state index contributed by atoms with van der Waals surface area (Å²) in [5, 5.41) is 2.29. The van der Waals surface area contributed by atoms with Gasteiger partial charge in [-0.3, -0.25) is 0 Å². The number of isothiocyanates is 1. The van der Waals surface area contributed by atoms with Crippen LogP contribution in [0, 0.1) is 5.82 Å². The van der Waals surface area contributed by atoms with Crippen molar-refractivity contribution in [3.05, 3.63) is 29.0 Å². The van der Waals surface area contributed by atoms with Gasteiger partial charge >= 0.3 is 0 Å². The van der Waals surface area contributed by atoms with Gasteiger partial charge in [-0.2, -0.15) is 4.99 Å². The van der Waals surface area contributed by atoms with E-state index in [9.17, 15) is 4.39 Å². The van der Waals surface area contributed by atoms with Crippen molar-refractivity contribution in [1.29, 1.82) is 0 Å². The molecule has 11 heavy (non-hydrogen) atoms. The molecule has 0 bridgehead atoms. The fourth-order valence-corrected chi connectivity index (χ4v) is 0.938. The summed E-state index contributed by atoms with van der Waals surface area (Å²) in [4.78, 5) is 3.46. The van der Waals surface area contributed by atoms with E-state index in [1.165, 1.54) is 18.2 Å². The monoisotopic (exact) mass is 187 g/mol. The van der Waals surface area contributed by atoms with Gasteiger partial charge in [0.1, 0.15) is 5.69 Å². The number of aliphatic imine (C=N–C) groups is 1. The summed E-state index contributed by atoms with van der Waals surface area (Å²) in [6, 6.07) is 4.30. The minimum absolute atomic E-state index is 0.0455. The molecular formula is C7H3ClFNS. The molecule has 0 radical (unpaired) electrons. The second-order valence-corrected chi connectivity index (χ2v) is 2.36. The van der Waals surface area contributed by atoms with Gasteiger partial charge < -0.3 is 0 Å². The number of nitrogens with zero attached hydrogens (tertiary/aromatic N) is 1. The molecule has 0 unspecified atom stereocenters. The maximum atomic E-state index is 12.8. The molecule has 0 aliphatic carbocycles. The lowest BCUT2D eigenvalue weighted by Gasteiger charge is -1.95. The van der Waals surface area contributed by atoms with Crippen LogP contribution < -0.4 is 0 Å². The standard InChI is InChI=1S/C7H3ClFNS/c8-5-2-1-3-6(9)7(5)10-4-11/h1-3H. The Morgan fingerprint density at radius 3 is 2.82 bits per heavy atom. The van der Waals surface area contributed by atoms with Crippen molar-refractivity contribution in [2.24, 2.45) is 4.99 Å². The van der Waals surface area contributed by atoms with Crippen LogP contribution in [0.5, 0.6) is 0 Å². The number of para-hydroxylation sites is 1. The normalized spacial score (nSPS) is 8.91. The third-order valence-corrected chi connectivity index (χ3v) is 1.49. The van der Waals surface area contributed by atoms with Crippen LogP contribution in [-0.2, 0) is 0 Å². The molecule has 0 spiro atoms. The molecule has 0 aromatic heterocycles. The Bertz CT molecular complexity index is 300. The highest BCUT2D eigenvalue weighted by Crippen LogP contribution is 2.26. The van der Waals surface area contributed by atoms with Crippen LogP contribution in [0.2, 0.25) is 5.02 Å². The van der Waals surface area contributed by atoms with E-state index in [1.807, 2.05) is 5.16 Å². The summed E-state index contributed by atoms with van der Waals surface area (Å²) in [5.74, 6) is -0.491. The van der Waals surface area contributed by atoms with Crippen LogP contribution in [0.3, 0.4) is 0 Å². The van der Waals surface area contributed by atoms with Gasteiger partial charge in [-0.15, -0.1) is 0 Å². The molecule has 0 saturated heterocycles. The lowest BCUT2D eigenvalue weighted by atomic mass is 10.3. The van der Waals surface area contributed by atoms with Crippen molar-refractivity contribution in [2.45, 2.75) is 0 Å². The Hall–Kier alpha value is -0.760. The van der Waals surface area contributed by atoms with E-state index in [1.54, 1.807) is 0 Å². The summed E-state index contributed by atoms with van der Waals surface area (Å²) in [6.45, 7) is 0. The van der Waals surface area contributed by atoms with E-state index in [4.69, 9.17) is 11.6 Å². The van der Waals surface area contributed by atoms with Gasteiger partial charge in [0.25, 0.3) is 0 Å². The fraction of sp³-hybridized carbons (Fsp3) is 0. The maximum absolute atomic E-state index is 12.8. The van der Waals surface area contributed by atoms with E-state index >= 15 is 0 Å². The number of benzene rings is 1. The highest BCUT2D eigenvalue weighted by atomic mass is 35.5. The number of thiocarbonyl (C=S) groups is 1. The van der Waals surface area contributed by atoms with Gasteiger partial charge in [0.05, 0.1) is 10.2 Å². The number of hydrogen-bond acceptors (Lipinski definition) is 2. The molecule has 0 atom stereocenters. The van der Waals surface area contributed by atoms with Crippen molar-refractivity contribution in [2.75, 3.05) is 0 Å². The summed E-state index contributed by atoms with van der Waals surface area (Å²) in [7, 11) is 0. The zero-order valence-electron chi connectivity index (χ0n) is 5.34. The SMILES string of the molecule is Fc1cccc(Cl)c1N=C=S. The van der Waals surface area contributed by atoms with Crippen LogP contribution in [0.25, 0.3) is 0 Å².